The molecule has 5 nitrogen and oxygen atoms in total. The van der Waals surface area contributed by atoms with Crippen molar-refractivity contribution in [2.45, 2.75) is 22.9 Å². The molecule has 3 rings (SSSR count). The van der Waals surface area contributed by atoms with Gasteiger partial charge in [0, 0.05) is 5.56 Å². The van der Waals surface area contributed by atoms with E-state index in [-0.39, 0.29) is 16.9 Å². The molecule has 0 unspecified atom stereocenters. The molecular formula is C20H19N3O2S2. The zero-order chi connectivity index (χ0) is 19.2. The monoisotopic (exact) mass is 397 g/mol. The van der Waals surface area contributed by atoms with Crippen molar-refractivity contribution in [2.24, 2.45) is 5.10 Å². The summed E-state index contributed by atoms with van der Waals surface area (Å²) in [4.78, 5) is 16.8. The molecule has 3 aromatic rings. The van der Waals surface area contributed by atoms with Crippen LogP contribution in [-0.2, 0) is 11.2 Å². The van der Waals surface area contributed by atoms with Gasteiger partial charge in [-0.2, -0.15) is 5.10 Å². The van der Waals surface area contributed by atoms with E-state index in [0.717, 1.165) is 20.1 Å². The molecular weight excluding hydrogens is 378 g/mol. The first-order valence-electron chi connectivity index (χ1n) is 8.35. The number of rotatable bonds is 7. The van der Waals surface area contributed by atoms with E-state index in [0.29, 0.717) is 12.0 Å². The second kappa shape index (κ2) is 8.83. The fourth-order valence-electron chi connectivity index (χ4n) is 2.40. The Bertz CT molecular complexity index is 965. The van der Waals surface area contributed by atoms with E-state index in [4.69, 9.17) is 0 Å². The van der Waals surface area contributed by atoms with Crippen LogP contribution in [0.1, 0.15) is 18.1 Å². The quantitative estimate of drug-likeness (QED) is 0.269. The van der Waals surface area contributed by atoms with Crippen molar-refractivity contribution >= 4 is 45.4 Å². The number of nitrogens with zero attached hydrogens (tertiary/aromatic N) is 2. The molecule has 0 saturated carbocycles. The van der Waals surface area contributed by atoms with E-state index in [1.165, 1.54) is 18.0 Å². The third-order valence-electron chi connectivity index (χ3n) is 3.81. The number of hydrogen-bond acceptors (Lipinski definition) is 6. The number of phenols is 1. The van der Waals surface area contributed by atoms with Crippen molar-refractivity contribution in [2.75, 3.05) is 0 Å². The number of thiazole rings is 1. The summed E-state index contributed by atoms with van der Waals surface area (Å²) in [5, 5.41) is 13.8. The lowest BCUT2D eigenvalue weighted by molar-refractivity contribution is -0.120. The molecule has 0 aliphatic carbocycles. The van der Waals surface area contributed by atoms with Crippen molar-refractivity contribution in [3.8, 4) is 5.75 Å². The molecule has 1 atom stereocenters. The maximum absolute atomic E-state index is 12.3. The van der Waals surface area contributed by atoms with Crippen LogP contribution < -0.4 is 5.43 Å². The number of para-hydroxylation sites is 2. The number of nitrogens with one attached hydrogen (secondary N) is 1. The number of carbonyl (C=O) groups excluding carboxylic acids is 1. The van der Waals surface area contributed by atoms with E-state index < -0.39 is 0 Å². The number of hydrogen-bond donors (Lipinski definition) is 2. The highest BCUT2D eigenvalue weighted by atomic mass is 32.2. The predicted octanol–water partition coefficient (Wildman–Crippen LogP) is 4.36. The number of amides is 1. The Morgan fingerprint density at radius 1 is 1.37 bits per heavy atom. The lowest BCUT2D eigenvalue weighted by Gasteiger charge is -2.07. The minimum Gasteiger partial charge on any atom is -0.507 e. The fraction of sp³-hybridized carbons (Fsp3) is 0.150. The van der Waals surface area contributed by atoms with E-state index in [1.807, 2.05) is 43.3 Å². The van der Waals surface area contributed by atoms with Crippen LogP contribution in [0.2, 0.25) is 0 Å². The average molecular weight is 398 g/mol. The first-order chi connectivity index (χ1) is 13.1. The second-order valence-corrected chi connectivity index (χ2v) is 8.41. The second-order valence-electron chi connectivity index (χ2n) is 5.79. The van der Waals surface area contributed by atoms with Crippen LogP contribution >= 0.6 is 23.1 Å². The van der Waals surface area contributed by atoms with Gasteiger partial charge in [-0.25, -0.2) is 10.4 Å². The Morgan fingerprint density at radius 2 is 2.19 bits per heavy atom. The number of carbonyl (C=O) groups is 1. The van der Waals surface area contributed by atoms with Crippen molar-refractivity contribution in [1.82, 2.24) is 10.4 Å². The number of phenolic OH excluding ortho intramolecular Hbond substituents is 1. The molecule has 2 aromatic carbocycles. The minimum atomic E-state index is -0.344. The van der Waals surface area contributed by atoms with Crippen LogP contribution in [0.15, 0.2) is 64.6 Å². The summed E-state index contributed by atoms with van der Waals surface area (Å²) >= 11 is 2.96. The van der Waals surface area contributed by atoms with Crippen molar-refractivity contribution in [3.05, 3.63) is 66.2 Å². The van der Waals surface area contributed by atoms with Gasteiger partial charge in [0.1, 0.15) is 5.75 Å². The summed E-state index contributed by atoms with van der Waals surface area (Å²) in [6.07, 6.45) is 3.73. The Balaban J connectivity index is 1.60. The lowest BCUT2D eigenvalue weighted by Crippen LogP contribution is -2.26. The number of fused-ring (bicyclic) bond motifs is 1. The Labute approximate surface area is 165 Å². The number of thioether (sulfide) groups is 1. The fourth-order valence-corrected chi connectivity index (χ4v) is 4.60. The third-order valence-corrected chi connectivity index (χ3v) is 6.04. The van der Waals surface area contributed by atoms with Gasteiger partial charge in [-0.3, -0.25) is 4.79 Å². The van der Waals surface area contributed by atoms with Gasteiger partial charge in [-0.05, 0) is 37.1 Å². The maximum Gasteiger partial charge on any atom is 0.253 e. The molecule has 0 spiro atoms. The number of aromatic nitrogens is 1. The van der Waals surface area contributed by atoms with Crippen LogP contribution in [0.4, 0.5) is 0 Å². The molecule has 138 valence electrons. The molecule has 0 aliphatic rings. The van der Waals surface area contributed by atoms with Crippen molar-refractivity contribution in [3.63, 3.8) is 0 Å². The molecule has 1 amide bonds. The van der Waals surface area contributed by atoms with E-state index >= 15 is 0 Å². The average Bonchev–Trinajstić information content (AvgIpc) is 3.07. The van der Waals surface area contributed by atoms with Crippen LogP contribution in [0.3, 0.4) is 0 Å². The van der Waals surface area contributed by atoms with Crippen LogP contribution in [-0.4, -0.2) is 27.5 Å². The van der Waals surface area contributed by atoms with Crippen molar-refractivity contribution in [1.29, 1.82) is 0 Å². The first kappa shape index (κ1) is 19.1. The van der Waals surface area contributed by atoms with Crippen LogP contribution in [0.25, 0.3) is 10.2 Å². The summed E-state index contributed by atoms with van der Waals surface area (Å²) < 4.78 is 1.94. The standard InChI is InChI=1S/C20H19N3O2S2/c1-3-7-14-8-6-9-15(18(14)24)12-21-23-19(25)13(2)26-20-22-16-10-4-5-11-17(16)27-20/h3-6,8-13,24H,1,7H2,2H3,(H,23,25)/b21-12-/t13-/m0/s1. The summed E-state index contributed by atoms with van der Waals surface area (Å²) in [7, 11) is 0. The normalized spacial score (nSPS) is 12.3. The largest absolute Gasteiger partial charge is 0.507 e. The summed E-state index contributed by atoms with van der Waals surface area (Å²) in [6.45, 7) is 5.48. The van der Waals surface area contributed by atoms with E-state index in [9.17, 15) is 9.90 Å². The van der Waals surface area contributed by atoms with Crippen LogP contribution in [0, 0.1) is 0 Å². The molecule has 0 aliphatic heterocycles. The number of aromatic hydroxyl groups is 1. The lowest BCUT2D eigenvalue weighted by atomic mass is 10.1. The molecule has 2 N–H and O–H groups in total. The molecule has 0 bridgehead atoms. The Morgan fingerprint density at radius 3 is 2.96 bits per heavy atom. The molecule has 7 heteroatoms. The predicted molar refractivity (Wildman–Crippen MR) is 113 cm³/mol. The molecule has 1 aromatic heterocycles. The number of allylic oxidation sites excluding steroid dienone is 1. The highest BCUT2D eigenvalue weighted by Gasteiger charge is 2.16. The smallest absolute Gasteiger partial charge is 0.253 e. The molecule has 0 radical (unpaired) electrons. The van der Waals surface area contributed by atoms with E-state index in [1.54, 1.807) is 23.5 Å². The zero-order valence-electron chi connectivity index (χ0n) is 14.8. The summed E-state index contributed by atoms with van der Waals surface area (Å²) in [6, 6.07) is 13.3. The highest BCUT2D eigenvalue weighted by molar-refractivity contribution is 8.02. The van der Waals surface area contributed by atoms with Gasteiger partial charge in [-0.1, -0.05) is 42.1 Å². The SMILES string of the molecule is C=CCc1cccc(/C=N\NC(=O)[C@H](C)Sc2nc3ccccc3s2)c1O. The van der Waals surface area contributed by atoms with Gasteiger partial charge in [-0.15, -0.1) is 17.9 Å². The Kier molecular flexibility index (Phi) is 6.26. The topological polar surface area (TPSA) is 74.6 Å². The van der Waals surface area contributed by atoms with Gasteiger partial charge in [0.15, 0.2) is 4.34 Å². The molecule has 27 heavy (non-hydrogen) atoms. The Hall–Kier alpha value is -2.64. The van der Waals surface area contributed by atoms with Crippen molar-refractivity contribution < 1.29 is 9.90 Å². The van der Waals surface area contributed by atoms with Gasteiger partial charge in [0.05, 0.1) is 21.7 Å². The molecule has 0 saturated heterocycles. The summed E-state index contributed by atoms with van der Waals surface area (Å²) in [5.74, 6) is -0.0791. The molecule has 0 fully saturated rings. The number of hydrazone groups is 1. The van der Waals surface area contributed by atoms with Crippen LogP contribution in [0.5, 0.6) is 5.75 Å². The highest BCUT2D eigenvalue weighted by Crippen LogP contribution is 2.31. The molecule has 1 heterocycles. The van der Waals surface area contributed by atoms with E-state index in [2.05, 4.69) is 22.1 Å². The van der Waals surface area contributed by atoms with Gasteiger partial charge >= 0.3 is 0 Å². The third kappa shape index (κ3) is 4.75. The zero-order valence-corrected chi connectivity index (χ0v) is 16.4. The van der Waals surface area contributed by atoms with Gasteiger partial charge in [0.2, 0.25) is 0 Å². The first-order valence-corrected chi connectivity index (χ1v) is 10.0. The maximum atomic E-state index is 12.3. The number of benzene rings is 2. The summed E-state index contributed by atoms with van der Waals surface area (Å²) in [5.41, 5.74) is 4.76. The minimum absolute atomic E-state index is 0.146. The van der Waals surface area contributed by atoms with Gasteiger partial charge < -0.3 is 5.11 Å². The van der Waals surface area contributed by atoms with Gasteiger partial charge in [0.25, 0.3) is 5.91 Å².